The number of carbonyl (C=O) groups is 1. The Balaban J connectivity index is 0.00000243. The van der Waals surface area contributed by atoms with Gasteiger partial charge in [0.05, 0.1) is 11.8 Å². The minimum atomic E-state index is -0.457. The van der Waals surface area contributed by atoms with Crippen LogP contribution >= 0.6 is 12.4 Å². The first-order chi connectivity index (χ1) is 12.1. The van der Waals surface area contributed by atoms with Crippen LogP contribution in [0.5, 0.6) is 11.5 Å². The van der Waals surface area contributed by atoms with Crippen molar-refractivity contribution in [2.24, 2.45) is 5.73 Å². The van der Waals surface area contributed by atoms with E-state index in [0.29, 0.717) is 24.4 Å². The summed E-state index contributed by atoms with van der Waals surface area (Å²) in [5.74, 6) is 1.26. The first-order valence-corrected chi connectivity index (χ1v) is 8.58. The molecule has 2 atom stereocenters. The molecule has 1 amide bonds. The number of hydrogen-bond donors (Lipinski definition) is 2. The van der Waals surface area contributed by atoms with Gasteiger partial charge in [-0.15, -0.1) is 12.4 Å². The highest BCUT2D eigenvalue weighted by molar-refractivity contribution is 5.95. The van der Waals surface area contributed by atoms with Gasteiger partial charge < -0.3 is 20.5 Å². The third kappa shape index (κ3) is 4.55. The molecule has 3 rings (SSSR count). The van der Waals surface area contributed by atoms with Crippen LogP contribution < -0.4 is 15.8 Å². The van der Waals surface area contributed by atoms with Crippen LogP contribution in [0.25, 0.3) is 0 Å². The van der Waals surface area contributed by atoms with Gasteiger partial charge in [-0.3, -0.25) is 4.79 Å². The lowest BCUT2D eigenvalue weighted by molar-refractivity contribution is -0.126. The van der Waals surface area contributed by atoms with Crippen molar-refractivity contribution in [1.82, 2.24) is 0 Å². The van der Waals surface area contributed by atoms with E-state index < -0.39 is 6.10 Å². The second-order valence-electron chi connectivity index (χ2n) is 6.37. The standard InChI is InChI=1S/C20H24N2O3.ClH/c1-13-6-5-7-14(2)19(13)25-17-9-4-3-8-16(17)22-20(23)18-11-10-15(12-21)24-18;/h3-9,15,18H,10-12,21H2,1-2H3,(H,22,23);1H/t15-,18+;/m1./s1. The van der Waals surface area contributed by atoms with Crippen LogP contribution in [0.1, 0.15) is 24.0 Å². The van der Waals surface area contributed by atoms with Gasteiger partial charge in [0.25, 0.3) is 5.91 Å². The smallest absolute Gasteiger partial charge is 0.253 e. The molecule has 0 aromatic heterocycles. The largest absolute Gasteiger partial charge is 0.455 e. The zero-order valence-electron chi connectivity index (χ0n) is 15.0. The fourth-order valence-corrected chi connectivity index (χ4v) is 3.01. The Labute approximate surface area is 160 Å². The predicted octanol–water partition coefficient (Wildman–Crippen LogP) is 3.96. The van der Waals surface area contributed by atoms with Crippen LogP contribution in [-0.4, -0.2) is 24.7 Å². The number of amides is 1. The number of ether oxygens (including phenoxy) is 2. The van der Waals surface area contributed by atoms with Crippen molar-refractivity contribution in [3.05, 3.63) is 53.6 Å². The van der Waals surface area contributed by atoms with E-state index in [-0.39, 0.29) is 24.4 Å². The van der Waals surface area contributed by atoms with Gasteiger partial charge in [-0.05, 0) is 49.9 Å². The number of carbonyl (C=O) groups excluding carboxylic acids is 1. The van der Waals surface area contributed by atoms with E-state index in [4.69, 9.17) is 15.2 Å². The number of nitrogens with one attached hydrogen (secondary N) is 1. The minimum absolute atomic E-state index is 0. The van der Waals surface area contributed by atoms with Crippen molar-refractivity contribution in [3.8, 4) is 11.5 Å². The Kier molecular flexibility index (Phi) is 7.03. The number of benzene rings is 2. The predicted molar refractivity (Wildman–Crippen MR) is 105 cm³/mol. The monoisotopic (exact) mass is 376 g/mol. The molecule has 1 fully saturated rings. The Morgan fingerprint density at radius 3 is 2.50 bits per heavy atom. The van der Waals surface area contributed by atoms with Crippen molar-refractivity contribution >= 4 is 24.0 Å². The van der Waals surface area contributed by atoms with Crippen LogP contribution in [0.3, 0.4) is 0 Å². The Morgan fingerprint density at radius 1 is 1.15 bits per heavy atom. The third-order valence-corrected chi connectivity index (χ3v) is 4.43. The molecule has 1 aliphatic heterocycles. The molecule has 0 radical (unpaired) electrons. The van der Waals surface area contributed by atoms with E-state index in [1.165, 1.54) is 0 Å². The zero-order chi connectivity index (χ0) is 17.8. The lowest BCUT2D eigenvalue weighted by Gasteiger charge is -2.17. The highest BCUT2D eigenvalue weighted by Crippen LogP contribution is 2.33. The highest BCUT2D eigenvalue weighted by atomic mass is 35.5. The molecule has 0 spiro atoms. The molecule has 6 heteroatoms. The van der Waals surface area contributed by atoms with Gasteiger partial charge in [0.2, 0.25) is 0 Å². The van der Waals surface area contributed by atoms with Crippen molar-refractivity contribution < 1.29 is 14.3 Å². The summed E-state index contributed by atoms with van der Waals surface area (Å²) < 4.78 is 11.8. The molecule has 1 saturated heterocycles. The zero-order valence-corrected chi connectivity index (χ0v) is 15.8. The number of nitrogens with two attached hydrogens (primary N) is 1. The van der Waals surface area contributed by atoms with Crippen molar-refractivity contribution in [3.63, 3.8) is 0 Å². The van der Waals surface area contributed by atoms with Gasteiger partial charge in [-0.25, -0.2) is 0 Å². The van der Waals surface area contributed by atoms with E-state index >= 15 is 0 Å². The molecular formula is C20H25ClN2O3. The van der Waals surface area contributed by atoms with Crippen molar-refractivity contribution in [1.29, 1.82) is 0 Å². The fourth-order valence-electron chi connectivity index (χ4n) is 3.01. The lowest BCUT2D eigenvalue weighted by Crippen LogP contribution is -2.29. The second kappa shape index (κ2) is 9.03. The molecular weight excluding hydrogens is 352 g/mol. The number of para-hydroxylation sites is 3. The number of hydrogen-bond acceptors (Lipinski definition) is 4. The summed E-state index contributed by atoms with van der Waals surface area (Å²) in [6.45, 7) is 4.45. The molecule has 0 unspecified atom stereocenters. The number of aryl methyl sites for hydroxylation is 2. The Morgan fingerprint density at radius 2 is 1.85 bits per heavy atom. The summed E-state index contributed by atoms with van der Waals surface area (Å²) in [6, 6.07) is 13.4. The summed E-state index contributed by atoms with van der Waals surface area (Å²) in [7, 11) is 0. The summed E-state index contributed by atoms with van der Waals surface area (Å²) in [4.78, 5) is 12.5. The van der Waals surface area contributed by atoms with Crippen LogP contribution in [0.4, 0.5) is 5.69 Å². The quantitative estimate of drug-likeness (QED) is 0.828. The van der Waals surface area contributed by atoms with Crippen molar-refractivity contribution in [2.75, 3.05) is 11.9 Å². The van der Waals surface area contributed by atoms with Gasteiger partial charge in [-0.1, -0.05) is 30.3 Å². The summed E-state index contributed by atoms with van der Waals surface area (Å²) >= 11 is 0. The molecule has 0 bridgehead atoms. The van der Waals surface area contributed by atoms with Gasteiger partial charge in [0, 0.05) is 6.54 Å². The molecule has 1 heterocycles. The second-order valence-corrected chi connectivity index (χ2v) is 6.37. The van der Waals surface area contributed by atoms with Crippen LogP contribution in [-0.2, 0) is 9.53 Å². The Bertz CT molecular complexity index is 746. The normalized spacial score (nSPS) is 18.9. The van der Waals surface area contributed by atoms with Crippen LogP contribution in [0.15, 0.2) is 42.5 Å². The fraction of sp³-hybridized carbons (Fsp3) is 0.350. The minimum Gasteiger partial charge on any atom is -0.455 e. The maximum absolute atomic E-state index is 12.5. The van der Waals surface area contributed by atoms with E-state index in [1.807, 2.05) is 56.3 Å². The molecule has 5 nitrogen and oxygen atoms in total. The molecule has 3 N–H and O–H groups in total. The molecule has 140 valence electrons. The highest BCUT2D eigenvalue weighted by Gasteiger charge is 2.30. The summed E-state index contributed by atoms with van der Waals surface area (Å²) in [6.07, 6.45) is 1.02. The van der Waals surface area contributed by atoms with Crippen molar-refractivity contribution in [2.45, 2.75) is 38.9 Å². The maximum Gasteiger partial charge on any atom is 0.253 e. The third-order valence-electron chi connectivity index (χ3n) is 4.43. The number of halogens is 1. The number of rotatable bonds is 5. The van der Waals surface area contributed by atoms with Crippen LogP contribution in [0, 0.1) is 13.8 Å². The van der Waals surface area contributed by atoms with Gasteiger partial charge >= 0.3 is 0 Å². The molecule has 0 aliphatic carbocycles. The SMILES string of the molecule is Cc1cccc(C)c1Oc1ccccc1NC(=O)[C@@H]1CC[C@H](CN)O1.Cl. The molecule has 2 aromatic carbocycles. The van der Waals surface area contributed by atoms with E-state index in [0.717, 1.165) is 23.3 Å². The first kappa shape index (κ1) is 20.2. The topological polar surface area (TPSA) is 73.6 Å². The lowest BCUT2D eigenvalue weighted by atomic mass is 10.1. The average Bonchev–Trinajstić information content (AvgIpc) is 3.09. The van der Waals surface area contributed by atoms with E-state index in [1.54, 1.807) is 0 Å². The van der Waals surface area contributed by atoms with Gasteiger partial charge in [0.1, 0.15) is 11.9 Å². The van der Waals surface area contributed by atoms with E-state index in [9.17, 15) is 4.79 Å². The molecule has 1 aliphatic rings. The van der Waals surface area contributed by atoms with Crippen LogP contribution in [0.2, 0.25) is 0 Å². The summed E-state index contributed by atoms with van der Waals surface area (Å²) in [5, 5.41) is 2.93. The van der Waals surface area contributed by atoms with Gasteiger partial charge in [0.15, 0.2) is 5.75 Å². The van der Waals surface area contributed by atoms with E-state index in [2.05, 4.69) is 5.32 Å². The summed E-state index contributed by atoms with van der Waals surface area (Å²) in [5.41, 5.74) is 8.34. The molecule has 0 saturated carbocycles. The van der Waals surface area contributed by atoms with Gasteiger partial charge in [-0.2, -0.15) is 0 Å². The maximum atomic E-state index is 12.5. The Hall–Kier alpha value is -2.08. The molecule has 2 aromatic rings. The molecule has 26 heavy (non-hydrogen) atoms. The first-order valence-electron chi connectivity index (χ1n) is 8.58. The number of anilines is 1. The average molecular weight is 377 g/mol.